The Hall–Kier alpha value is -4.46. The fourth-order valence-electron chi connectivity index (χ4n) is 2.64. The van der Waals surface area contributed by atoms with Gasteiger partial charge in [0, 0.05) is 22.6 Å². The Kier molecular flexibility index (Phi) is 5.19. The second-order valence-corrected chi connectivity index (χ2v) is 7.09. The number of rotatable bonds is 6. The zero-order chi connectivity index (χ0) is 22.0. The Labute approximate surface area is 177 Å². The van der Waals surface area contributed by atoms with Gasteiger partial charge in [-0.1, -0.05) is 5.21 Å². The van der Waals surface area contributed by atoms with Crippen LogP contribution in [-0.4, -0.2) is 42.4 Å². The third-order valence-corrected chi connectivity index (χ3v) is 5.14. The fraction of sp³-hybridized carbons (Fsp3) is 0.0588. The second kappa shape index (κ2) is 8.11. The molecular weight excluding hydrogens is 426 g/mol. The van der Waals surface area contributed by atoms with Crippen molar-refractivity contribution in [1.29, 1.82) is 0 Å². The molecule has 0 saturated carbocycles. The lowest BCUT2D eigenvalue weighted by atomic mass is 10.1. The summed E-state index contributed by atoms with van der Waals surface area (Å²) in [4.78, 5) is 24.1. The van der Waals surface area contributed by atoms with Gasteiger partial charge in [-0.05, 0) is 46.4 Å². The van der Waals surface area contributed by atoms with E-state index in [2.05, 4.69) is 35.8 Å². The first-order valence-corrected chi connectivity index (χ1v) is 9.50. The molecule has 31 heavy (non-hydrogen) atoms. The molecule has 0 bridgehead atoms. The minimum Gasteiger partial charge on any atom is -0.378 e. The number of carbonyl (C=O) groups is 1. The average molecular weight is 439 g/mol. The maximum absolute atomic E-state index is 12.8. The van der Waals surface area contributed by atoms with Gasteiger partial charge in [0.05, 0.1) is 11.1 Å². The van der Waals surface area contributed by atoms with Crippen molar-refractivity contribution in [2.45, 2.75) is 6.92 Å². The molecule has 0 aliphatic rings. The zero-order valence-corrected chi connectivity index (χ0v) is 16.6. The number of nitrogens with zero attached hydrogens (tertiary/aromatic N) is 7. The van der Waals surface area contributed by atoms with Crippen LogP contribution in [0, 0.1) is 17.0 Å². The van der Waals surface area contributed by atoms with Crippen molar-refractivity contribution in [1.82, 2.24) is 30.7 Å². The van der Waals surface area contributed by atoms with E-state index in [9.17, 15) is 14.9 Å². The molecule has 0 saturated heterocycles. The molecule has 0 aliphatic carbocycles. The molecule has 1 aromatic carbocycles. The van der Waals surface area contributed by atoms with Gasteiger partial charge in [-0.25, -0.2) is 10.1 Å². The highest BCUT2D eigenvalue weighted by Gasteiger charge is 2.25. The monoisotopic (exact) mass is 439 g/mol. The Morgan fingerprint density at radius 3 is 2.71 bits per heavy atom. The van der Waals surface area contributed by atoms with Gasteiger partial charge in [0.1, 0.15) is 5.69 Å². The fourth-order valence-corrected chi connectivity index (χ4v) is 3.43. The van der Waals surface area contributed by atoms with Gasteiger partial charge < -0.3 is 5.73 Å². The molecule has 14 heteroatoms. The molecule has 1 amide bonds. The van der Waals surface area contributed by atoms with Crippen LogP contribution < -0.4 is 11.2 Å². The molecule has 4 rings (SSSR count). The predicted octanol–water partition coefficient (Wildman–Crippen LogP) is 1.94. The highest BCUT2D eigenvalue weighted by atomic mass is 32.1. The Balaban J connectivity index is 1.72. The number of aromatic nitrogens is 5. The molecule has 3 N–H and O–H groups in total. The van der Waals surface area contributed by atoms with Crippen LogP contribution in [0.15, 0.2) is 45.4 Å². The van der Waals surface area contributed by atoms with E-state index < -0.39 is 10.8 Å². The zero-order valence-electron chi connectivity index (χ0n) is 15.8. The molecule has 4 aromatic rings. The molecule has 0 radical (unpaired) electrons. The van der Waals surface area contributed by atoms with E-state index in [-0.39, 0.29) is 28.7 Å². The van der Waals surface area contributed by atoms with Crippen molar-refractivity contribution >= 4 is 35.0 Å². The number of nitro benzene ring substituents is 1. The number of thiophene rings is 1. The number of hydrogen-bond acceptors (Lipinski definition) is 11. The van der Waals surface area contributed by atoms with Gasteiger partial charge in [0.25, 0.3) is 11.6 Å². The lowest BCUT2D eigenvalue weighted by Crippen LogP contribution is -2.19. The number of non-ortho nitro benzene ring substituents is 1. The summed E-state index contributed by atoms with van der Waals surface area (Å²) in [7, 11) is 0. The molecule has 3 aromatic heterocycles. The van der Waals surface area contributed by atoms with E-state index >= 15 is 0 Å². The summed E-state index contributed by atoms with van der Waals surface area (Å²) < 4.78 is 5.76. The van der Waals surface area contributed by atoms with Crippen molar-refractivity contribution in [2.75, 3.05) is 5.73 Å². The van der Waals surface area contributed by atoms with Gasteiger partial charge >= 0.3 is 0 Å². The Bertz CT molecular complexity index is 1290. The van der Waals surface area contributed by atoms with Gasteiger partial charge in [0.15, 0.2) is 5.69 Å². The number of nitro groups is 1. The molecule has 0 fully saturated rings. The first-order valence-electron chi connectivity index (χ1n) is 8.62. The van der Waals surface area contributed by atoms with Gasteiger partial charge in [-0.15, -0.1) is 16.4 Å². The number of anilines is 1. The van der Waals surface area contributed by atoms with Crippen LogP contribution in [0.1, 0.15) is 20.9 Å². The van der Waals surface area contributed by atoms with E-state index in [1.165, 1.54) is 41.8 Å². The predicted molar refractivity (Wildman–Crippen MR) is 110 cm³/mol. The van der Waals surface area contributed by atoms with Crippen molar-refractivity contribution < 1.29 is 14.3 Å². The van der Waals surface area contributed by atoms with Crippen LogP contribution in [0.2, 0.25) is 0 Å². The van der Waals surface area contributed by atoms with E-state index in [1.54, 1.807) is 0 Å². The number of benzene rings is 1. The third-order valence-electron chi connectivity index (χ3n) is 4.18. The van der Waals surface area contributed by atoms with Gasteiger partial charge in [-0.2, -0.15) is 9.78 Å². The Morgan fingerprint density at radius 2 is 2.10 bits per heavy atom. The smallest absolute Gasteiger partial charge is 0.294 e. The average Bonchev–Trinajstić information content (AvgIpc) is 3.48. The topological polar surface area (TPSA) is 180 Å². The minimum absolute atomic E-state index is 0.0117. The van der Waals surface area contributed by atoms with Crippen LogP contribution in [-0.2, 0) is 0 Å². The van der Waals surface area contributed by atoms with E-state index in [0.29, 0.717) is 5.56 Å². The number of nitrogens with one attached hydrogen (secondary N) is 1. The van der Waals surface area contributed by atoms with E-state index in [0.717, 1.165) is 15.1 Å². The summed E-state index contributed by atoms with van der Waals surface area (Å²) in [5, 5.41) is 31.8. The lowest BCUT2D eigenvalue weighted by Gasteiger charge is -2.05. The van der Waals surface area contributed by atoms with Crippen molar-refractivity contribution in [3.8, 4) is 17.1 Å². The third kappa shape index (κ3) is 3.86. The number of nitrogen functional groups attached to an aromatic ring is 1. The van der Waals surface area contributed by atoms with Crippen molar-refractivity contribution in [2.24, 2.45) is 5.10 Å². The standard InChI is InChI=1S/C17H13N9O4S/c1-9-6-7-31-12(9)8-19-21-17(27)13-14(10-2-4-11(5-3-10)26(28)29)25(24-20-13)16-15(18)22-30-23-16/h2-8H,1H3,(H2,18,22)(H,21,27). The summed E-state index contributed by atoms with van der Waals surface area (Å²) in [5.74, 6) is -0.719. The number of carbonyl (C=O) groups excluding carboxylic acids is 1. The SMILES string of the molecule is Cc1ccsc1C=NNC(=O)c1nnn(-c2nonc2N)c1-c1ccc([N+](=O)[O-])cc1. The summed E-state index contributed by atoms with van der Waals surface area (Å²) in [6.07, 6.45) is 1.52. The summed E-state index contributed by atoms with van der Waals surface area (Å²) >= 11 is 1.48. The largest absolute Gasteiger partial charge is 0.378 e. The van der Waals surface area contributed by atoms with Gasteiger partial charge in [-0.3, -0.25) is 14.9 Å². The molecular formula is C17H13N9O4S. The number of hydrogen-bond donors (Lipinski definition) is 2. The molecule has 0 aliphatic heterocycles. The van der Waals surface area contributed by atoms with E-state index in [1.807, 2.05) is 18.4 Å². The van der Waals surface area contributed by atoms with Crippen LogP contribution in [0.4, 0.5) is 11.5 Å². The molecule has 156 valence electrons. The maximum Gasteiger partial charge on any atom is 0.294 e. The molecule has 0 spiro atoms. The van der Waals surface area contributed by atoms with Gasteiger partial charge in [0.2, 0.25) is 11.6 Å². The van der Waals surface area contributed by atoms with Crippen molar-refractivity contribution in [3.63, 3.8) is 0 Å². The normalized spacial score (nSPS) is 11.1. The summed E-state index contributed by atoms with van der Waals surface area (Å²) in [6.45, 7) is 1.92. The first-order chi connectivity index (χ1) is 15.0. The lowest BCUT2D eigenvalue weighted by molar-refractivity contribution is -0.384. The van der Waals surface area contributed by atoms with Crippen LogP contribution in [0.25, 0.3) is 17.1 Å². The van der Waals surface area contributed by atoms with Crippen LogP contribution in [0.3, 0.4) is 0 Å². The summed E-state index contributed by atoms with van der Waals surface area (Å²) in [6, 6.07) is 7.41. The summed E-state index contributed by atoms with van der Waals surface area (Å²) in [5.41, 5.74) is 9.53. The molecule has 3 heterocycles. The van der Waals surface area contributed by atoms with Crippen LogP contribution >= 0.6 is 11.3 Å². The highest BCUT2D eigenvalue weighted by molar-refractivity contribution is 7.11. The quantitative estimate of drug-likeness (QED) is 0.258. The Morgan fingerprint density at radius 1 is 1.32 bits per heavy atom. The maximum atomic E-state index is 12.8. The molecule has 0 unspecified atom stereocenters. The molecule has 13 nitrogen and oxygen atoms in total. The van der Waals surface area contributed by atoms with Crippen molar-refractivity contribution in [3.05, 3.63) is 62.0 Å². The number of hydrazone groups is 1. The molecule has 0 atom stereocenters. The first kappa shape index (κ1) is 19.8. The van der Waals surface area contributed by atoms with E-state index in [4.69, 9.17) is 5.73 Å². The van der Waals surface area contributed by atoms with Crippen LogP contribution in [0.5, 0.6) is 0 Å². The highest BCUT2D eigenvalue weighted by Crippen LogP contribution is 2.28. The second-order valence-electron chi connectivity index (χ2n) is 6.14. The number of aryl methyl sites for hydroxylation is 1. The minimum atomic E-state index is -0.653. The number of amides is 1. The number of nitrogens with two attached hydrogens (primary N) is 1.